The molecule has 3 aromatic rings. The van der Waals surface area contributed by atoms with Crippen LogP contribution in [0.15, 0.2) is 47.8 Å². The van der Waals surface area contributed by atoms with Gasteiger partial charge in [-0.05, 0) is 49.8 Å². The number of fused-ring (bicyclic) bond motifs is 1. The second-order valence-electron chi connectivity index (χ2n) is 8.29. The van der Waals surface area contributed by atoms with Crippen molar-refractivity contribution in [3.8, 4) is 10.6 Å². The number of hydrogen-bond acceptors (Lipinski definition) is 4. The van der Waals surface area contributed by atoms with Crippen LogP contribution in [0.3, 0.4) is 0 Å². The van der Waals surface area contributed by atoms with Crippen LogP contribution < -0.4 is 5.32 Å². The molecular formula is C24H23N3O2S. The van der Waals surface area contributed by atoms with E-state index in [4.69, 9.17) is 0 Å². The third-order valence-electron chi connectivity index (χ3n) is 6.12. The Kier molecular flexibility index (Phi) is 4.47. The molecule has 3 amide bonds. The van der Waals surface area contributed by atoms with Gasteiger partial charge in [0.05, 0.1) is 12.2 Å². The van der Waals surface area contributed by atoms with Gasteiger partial charge in [0.25, 0.3) is 5.91 Å². The SMILES string of the molecule is Cc1ccc(-c2nc(CN3C(=O)N[C@@](C)(c4ccc5c(c4)CCC5)C3=O)cs2)cc1. The van der Waals surface area contributed by atoms with Gasteiger partial charge in [-0.1, -0.05) is 48.0 Å². The topological polar surface area (TPSA) is 62.3 Å². The van der Waals surface area contributed by atoms with E-state index in [1.807, 2.05) is 30.5 Å². The molecule has 30 heavy (non-hydrogen) atoms. The van der Waals surface area contributed by atoms with Crippen molar-refractivity contribution in [3.63, 3.8) is 0 Å². The van der Waals surface area contributed by atoms with Crippen LogP contribution in [0.2, 0.25) is 0 Å². The highest BCUT2D eigenvalue weighted by Crippen LogP contribution is 2.33. The molecule has 6 heteroatoms. The average molecular weight is 418 g/mol. The minimum Gasteiger partial charge on any atom is -0.319 e. The van der Waals surface area contributed by atoms with Crippen LogP contribution in [0.4, 0.5) is 4.79 Å². The number of carbonyl (C=O) groups is 2. The fourth-order valence-electron chi connectivity index (χ4n) is 4.29. The first kappa shape index (κ1) is 19.0. The minimum atomic E-state index is -1.04. The molecule has 1 aliphatic carbocycles. The molecule has 1 fully saturated rings. The predicted octanol–water partition coefficient (Wildman–Crippen LogP) is 4.57. The van der Waals surface area contributed by atoms with E-state index in [1.165, 1.54) is 32.9 Å². The Bertz CT molecular complexity index is 1150. The summed E-state index contributed by atoms with van der Waals surface area (Å²) >= 11 is 1.52. The number of carbonyl (C=O) groups excluding carboxylic acids is 2. The lowest BCUT2D eigenvalue weighted by atomic mass is 9.89. The van der Waals surface area contributed by atoms with Gasteiger partial charge in [-0.2, -0.15) is 0 Å². The number of nitrogens with zero attached hydrogens (tertiary/aromatic N) is 2. The highest BCUT2D eigenvalue weighted by Gasteiger charge is 2.49. The third kappa shape index (κ3) is 3.12. The Morgan fingerprint density at radius 2 is 1.87 bits per heavy atom. The molecule has 1 atom stereocenters. The van der Waals surface area contributed by atoms with Gasteiger partial charge >= 0.3 is 6.03 Å². The maximum absolute atomic E-state index is 13.3. The summed E-state index contributed by atoms with van der Waals surface area (Å²) in [4.78, 5) is 31.9. The summed E-state index contributed by atoms with van der Waals surface area (Å²) in [5.41, 5.74) is 5.40. The second kappa shape index (κ2) is 7.06. The van der Waals surface area contributed by atoms with Gasteiger partial charge < -0.3 is 5.32 Å². The maximum Gasteiger partial charge on any atom is 0.325 e. The van der Waals surface area contributed by atoms with Gasteiger partial charge in [0.2, 0.25) is 0 Å². The number of imide groups is 1. The molecule has 5 nitrogen and oxygen atoms in total. The highest BCUT2D eigenvalue weighted by molar-refractivity contribution is 7.13. The summed E-state index contributed by atoms with van der Waals surface area (Å²) in [6.07, 6.45) is 3.27. The van der Waals surface area contributed by atoms with Gasteiger partial charge in [0.1, 0.15) is 10.5 Å². The average Bonchev–Trinajstić information content (AvgIpc) is 3.44. The summed E-state index contributed by atoms with van der Waals surface area (Å²) in [6, 6.07) is 14.0. The molecule has 1 aliphatic heterocycles. The Labute approximate surface area is 179 Å². The van der Waals surface area contributed by atoms with Crippen LogP contribution in [0.5, 0.6) is 0 Å². The molecule has 1 aromatic heterocycles. The van der Waals surface area contributed by atoms with E-state index in [1.54, 1.807) is 6.92 Å². The van der Waals surface area contributed by atoms with Crippen molar-refractivity contribution in [3.05, 3.63) is 75.8 Å². The first-order valence-corrected chi connectivity index (χ1v) is 11.1. The smallest absolute Gasteiger partial charge is 0.319 e. The summed E-state index contributed by atoms with van der Waals surface area (Å²) < 4.78 is 0. The number of hydrogen-bond donors (Lipinski definition) is 1. The van der Waals surface area contributed by atoms with E-state index < -0.39 is 5.54 Å². The number of amides is 3. The largest absolute Gasteiger partial charge is 0.325 e. The van der Waals surface area contributed by atoms with E-state index in [-0.39, 0.29) is 18.5 Å². The van der Waals surface area contributed by atoms with Crippen LogP contribution >= 0.6 is 11.3 Å². The quantitative estimate of drug-likeness (QED) is 0.633. The van der Waals surface area contributed by atoms with Crippen LogP contribution in [-0.2, 0) is 29.7 Å². The highest BCUT2D eigenvalue weighted by atomic mass is 32.1. The van der Waals surface area contributed by atoms with Crippen molar-refractivity contribution in [2.75, 3.05) is 0 Å². The summed E-state index contributed by atoms with van der Waals surface area (Å²) in [5, 5.41) is 5.72. The molecule has 2 aliphatic rings. The molecule has 0 radical (unpaired) electrons. The fraction of sp³-hybridized carbons (Fsp3) is 0.292. The minimum absolute atomic E-state index is 0.174. The number of aromatic nitrogens is 1. The lowest BCUT2D eigenvalue weighted by Gasteiger charge is -2.23. The number of nitrogens with one attached hydrogen (secondary N) is 1. The molecule has 2 aromatic carbocycles. The van der Waals surface area contributed by atoms with Crippen LogP contribution in [0, 0.1) is 6.92 Å². The van der Waals surface area contributed by atoms with Gasteiger partial charge in [0, 0.05) is 10.9 Å². The second-order valence-corrected chi connectivity index (χ2v) is 9.15. The molecule has 0 unspecified atom stereocenters. The van der Waals surface area contributed by atoms with Crippen molar-refractivity contribution < 1.29 is 9.59 Å². The van der Waals surface area contributed by atoms with E-state index in [0.717, 1.165) is 41.1 Å². The normalized spacial score (nSPS) is 20.5. The Morgan fingerprint density at radius 3 is 2.67 bits per heavy atom. The maximum atomic E-state index is 13.3. The zero-order chi connectivity index (χ0) is 20.9. The van der Waals surface area contributed by atoms with Crippen LogP contribution in [-0.4, -0.2) is 21.8 Å². The zero-order valence-corrected chi connectivity index (χ0v) is 17.9. The molecular weight excluding hydrogens is 394 g/mol. The first-order chi connectivity index (χ1) is 14.4. The van der Waals surface area contributed by atoms with Gasteiger partial charge in [0.15, 0.2) is 0 Å². The van der Waals surface area contributed by atoms with Gasteiger partial charge in [-0.3, -0.25) is 9.69 Å². The number of thiazole rings is 1. The van der Waals surface area contributed by atoms with Crippen molar-refractivity contribution in [1.29, 1.82) is 0 Å². The lowest BCUT2D eigenvalue weighted by molar-refractivity contribution is -0.131. The van der Waals surface area contributed by atoms with Gasteiger partial charge in [-0.25, -0.2) is 9.78 Å². The molecule has 0 bridgehead atoms. The van der Waals surface area contributed by atoms with E-state index in [9.17, 15) is 9.59 Å². The molecule has 2 heterocycles. The van der Waals surface area contributed by atoms with E-state index >= 15 is 0 Å². The third-order valence-corrected chi connectivity index (χ3v) is 7.06. The predicted molar refractivity (Wildman–Crippen MR) is 117 cm³/mol. The molecule has 0 spiro atoms. The Hall–Kier alpha value is -2.99. The summed E-state index contributed by atoms with van der Waals surface area (Å²) in [5.74, 6) is -0.227. The number of benzene rings is 2. The molecule has 1 N–H and O–H groups in total. The zero-order valence-electron chi connectivity index (χ0n) is 17.1. The van der Waals surface area contributed by atoms with Crippen LogP contribution in [0.25, 0.3) is 10.6 Å². The molecule has 0 saturated carbocycles. The fourth-order valence-corrected chi connectivity index (χ4v) is 5.11. The van der Waals surface area contributed by atoms with Crippen molar-refractivity contribution in [1.82, 2.24) is 15.2 Å². The molecule has 152 valence electrons. The Morgan fingerprint density at radius 1 is 1.10 bits per heavy atom. The lowest BCUT2D eigenvalue weighted by Crippen LogP contribution is -2.41. The summed E-state index contributed by atoms with van der Waals surface area (Å²) in [7, 11) is 0. The monoisotopic (exact) mass is 417 g/mol. The van der Waals surface area contributed by atoms with Crippen LogP contribution in [0.1, 0.15) is 41.3 Å². The number of aryl methyl sites for hydroxylation is 3. The standard InChI is InChI=1S/C24H23N3O2S/c1-15-6-8-17(9-7-15)21-25-20(14-30-21)13-27-22(28)24(2,26-23(27)29)19-11-10-16-4-3-5-18(16)12-19/h6-12,14H,3-5,13H2,1-2H3,(H,26,29)/t24-/m0/s1. The Balaban J connectivity index is 1.38. The van der Waals surface area contributed by atoms with Crippen molar-refractivity contribution >= 4 is 23.3 Å². The summed E-state index contributed by atoms with van der Waals surface area (Å²) in [6.45, 7) is 4.02. The van der Waals surface area contributed by atoms with Gasteiger partial charge in [-0.15, -0.1) is 11.3 Å². The molecule has 5 rings (SSSR count). The number of urea groups is 1. The number of rotatable bonds is 4. The van der Waals surface area contributed by atoms with Crippen molar-refractivity contribution in [2.24, 2.45) is 0 Å². The van der Waals surface area contributed by atoms with E-state index in [2.05, 4.69) is 34.6 Å². The first-order valence-electron chi connectivity index (χ1n) is 10.2. The molecule has 1 saturated heterocycles. The van der Waals surface area contributed by atoms with Crippen molar-refractivity contribution in [2.45, 2.75) is 45.2 Å². The van der Waals surface area contributed by atoms with E-state index in [0.29, 0.717) is 0 Å².